The number of carbonyl (C=O) groups is 1. The maximum Gasteiger partial charge on any atom is 0.323 e. The standard InChI is InChI=1S/C13H20N4O3.ClH/c1-13(5-7-14-8-6-13)9-15-12(18)10-3-4-11(16(10)2)17(19)20;/h3-4,14H,5-9H2,1-2H3,(H,15,18);1H. The van der Waals surface area contributed by atoms with Gasteiger partial charge in [0.15, 0.2) is 5.69 Å². The van der Waals surface area contributed by atoms with Gasteiger partial charge in [-0.25, -0.2) is 4.57 Å². The molecule has 8 heteroatoms. The summed E-state index contributed by atoms with van der Waals surface area (Å²) in [4.78, 5) is 22.4. The quantitative estimate of drug-likeness (QED) is 0.650. The van der Waals surface area contributed by atoms with Crippen molar-refractivity contribution in [3.63, 3.8) is 0 Å². The summed E-state index contributed by atoms with van der Waals surface area (Å²) in [7, 11) is 1.53. The van der Waals surface area contributed by atoms with Crippen LogP contribution in [0.15, 0.2) is 12.1 Å². The van der Waals surface area contributed by atoms with Crippen LogP contribution in [0.2, 0.25) is 0 Å². The van der Waals surface area contributed by atoms with E-state index < -0.39 is 4.92 Å². The van der Waals surface area contributed by atoms with Gasteiger partial charge in [0.25, 0.3) is 5.91 Å². The summed E-state index contributed by atoms with van der Waals surface area (Å²) in [6.07, 6.45) is 2.03. The molecule has 0 aromatic carbocycles. The Balaban J connectivity index is 0.00000220. The highest BCUT2D eigenvalue weighted by molar-refractivity contribution is 5.93. The van der Waals surface area contributed by atoms with E-state index in [1.165, 1.54) is 23.7 Å². The fourth-order valence-electron chi connectivity index (χ4n) is 2.50. The minimum absolute atomic E-state index is 0. The Kier molecular flexibility index (Phi) is 5.74. The first-order valence-electron chi connectivity index (χ1n) is 6.72. The number of piperidine rings is 1. The Morgan fingerprint density at radius 3 is 2.62 bits per heavy atom. The normalized spacial score (nSPS) is 16.9. The second-order valence-corrected chi connectivity index (χ2v) is 5.64. The smallest absolute Gasteiger partial charge is 0.323 e. The molecular weight excluding hydrogens is 296 g/mol. The van der Waals surface area contributed by atoms with E-state index in [1.807, 2.05) is 0 Å². The molecule has 1 aliphatic heterocycles. The monoisotopic (exact) mass is 316 g/mol. The van der Waals surface area contributed by atoms with E-state index in [1.54, 1.807) is 0 Å². The van der Waals surface area contributed by atoms with Gasteiger partial charge >= 0.3 is 5.82 Å². The summed E-state index contributed by atoms with van der Waals surface area (Å²) in [6, 6.07) is 2.83. The number of carbonyl (C=O) groups excluding carboxylic acids is 1. The van der Waals surface area contributed by atoms with Gasteiger partial charge in [0.1, 0.15) is 0 Å². The molecule has 0 bridgehead atoms. The van der Waals surface area contributed by atoms with Crippen LogP contribution < -0.4 is 10.6 Å². The van der Waals surface area contributed by atoms with Crippen LogP contribution in [0, 0.1) is 15.5 Å². The highest BCUT2D eigenvalue weighted by atomic mass is 35.5. The van der Waals surface area contributed by atoms with Crippen molar-refractivity contribution in [3.05, 3.63) is 27.9 Å². The second-order valence-electron chi connectivity index (χ2n) is 5.64. The zero-order valence-corrected chi connectivity index (χ0v) is 13.0. The van der Waals surface area contributed by atoms with Gasteiger partial charge in [0.2, 0.25) is 0 Å². The number of nitrogens with zero attached hydrogens (tertiary/aromatic N) is 2. The lowest BCUT2D eigenvalue weighted by atomic mass is 9.81. The Morgan fingerprint density at radius 1 is 1.48 bits per heavy atom. The largest absolute Gasteiger partial charge is 0.358 e. The molecule has 2 N–H and O–H groups in total. The number of hydrogen-bond donors (Lipinski definition) is 2. The zero-order valence-electron chi connectivity index (χ0n) is 12.2. The van der Waals surface area contributed by atoms with Crippen molar-refractivity contribution in [1.82, 2.24) is 15.2 Å². The fourth-order valence-corrected chi connectivity index (χ4v) is 2.50. The van der Waals surface area contributed by atoms with Gasteiger partial charge in [0.05, 0.1) is 7.05 Å². The third kappa shape index (κ3) is 3.95. The zero-order chi connectivity index (χ0) is 14.8. The first-order valence-corrected chi connectivity index (χ1v) is 6.72. The molecule has 2 heterocycles. The van der Waals surface area contributed by atoms with Gasteiger partial charge in [-0.05, 0) is 42.3 Å². The molecule has 1 saturated heterocycles. The lowest BCUT2D eigenvalue weighted by molar-refractivity contribution is -0.391. The van der Waals surface area contributed by atoms with Crippen LogP contribution in [-0.2, 0) is 7.05 Å². The molecular formula is C13H21ClN4O3. The molecule has 118 valence electrons. The average molecular weight is 317 g/mol. The predicted molar refractivity (Wildman–Crippen MR) is 81.9 cm³/mol. The van der Waals surface area contributed by atoms with Gasteiger partial charge in [0, 0.05) is 12.6 Å². The van der Waals surface area contributed by atoms with Crippen LogP contribution >= 0.6 is 12.4 Å². The Bertz CT molecular complexity index is 523. The Hall–Kier alpha value is -1.60. The van der Waals surface area contributed by atoms with Crippen LogP contribution in [-0.4, -0.2) is 35.0 Å². The number of halogens is 1. The molecule has 1 aromatic heterocycles. The van der Waals surface area contributed by atoms with Crippen molar-refractivity contribution in [2.45, 2.75) is 19.8 Å². The maximum atomic E-state index is 12.1. The van der Waals surface area contributed by atoms with Gasteiger partial charge in [-0.3, -0.25) is 4.79 Å². The molecule has 21 heavy (non-hydrogen) atoms. The first kappa shape index (κ1) is 17.5. The van der Waals surface area contributed by atoms with E-state index in [4.69, 9.17) is 0 Å². The summed E-state index contributed by atoms with van der Waals surface area (Å²) >= 11 is 0. The van der Waals surface area contributed by atoms with E-state index in [9.17, 15) is 14.9 Å². The van der Waals surface area contributed by atoms with Crippen molar-refractivity contribution >= 4 is 24.1 Å². The molecule has 1 fully saturated rings. The molecule has 0 atom stereocenters. The number of nitro groups is 1. The first-order chi connectivity index (χ1) is 9.43. The van der Waals surface area contributed by atoms with Crippen molar-refractivity contribution in [1.29, 1.82) is 0 Å². The summed E-state index contributed by atoms with van der Waals surface area (Å²) < 4.78 is 1.31. The lowest BCUT2D eigenvalue weighted by Gasteiger charge is -2.34. The van der Waals surface area contributed by atoms with E-state index >= 15 is 0 Å². The summed E-state index contributed by atoms with van der Waals surface area (Å²) in [5.41, 5.74) is 0.409. The Labute approximate surface area is 129 Å². The molecule has 1 amide bonds. The number of hydrogen-bond acceptors (Lipinski definition) is 4. The maximum absolute atomic E-state index is 12.1. The number of aromatic nitrogens is 1. The predicted octanol–water partition coefficient (Wildman–Crippen LogP) is 1.47. The van der Waals surface area contributed by atoms with E-state index in [0.717, 1.165) is 25.9 Å². The highest BCUT2D eigenvalue weighted by Crippen LogP contribution is 2.26. The summed E-state index contributed by atoms with van der Waals surface area (Å²) in [6.45, 7) is 4.66. The fraction of sp³-hybridized carbons (Fsp3) is 0.615. The number of amides is 1. The summed E-state index contributed by atoms with van der Waals surface area (Å²) in [5.74, 6) is -0.344. The SMILES string of the molecule is Cl.Cn1c(C(=O)NCC2(C)CCNCC2)ccc1[N+](=O)[O-]. The van der Waals surface area contributed by atoms with E-state index in [-0.39, 0.29) is 29.5 Å². The average Bonchev–Trinajstić information content (AvgIpc) is 2.79. The van der Waals surface area contributed by atoms with E-state index in [0.29, 0.717) is 12.2 Å². The van der Waals surface area contributed by atoms with Gasteiger partial charge in [-0.2, -0.15) is 0 Å². The van der Waals surface area contributed by atoms with E-state index in [2.05, 4.69) is 17.6 Å². The van der Waals surface area contributed by atoms with Gasteiger partial charge in [-0.15, -0.1) is 12.4 Å². The molecule has 1 aromatic rings. The van der Waals surface area contributed by atoms with Crippen molar-refractivity contribution in [3.8, 4) is 0 Å². The van der Waals surface area contributed by atoms with Gasteiger partial charge in [-0.1, -0.05) is 6.92 Å². The van der Waals surface area contributed by atoms with Crippen LogP contribution in [0.5, 0.6) is 0 Å². The molecule has 7 nitrogen and oxygen atoms in total. The highest BCUT2D eigenvalue weighted by Gasteiger charge is 2.28. The summed E-state index contributed by atoms with van der Waals surface area (Å²) in [5, 5.41) is 16.9. The number of nitrogens with one attached hydrogen (secondary N) is 2. The molecule has 0 aliphatic carbocycles. The van der Waals surface area contributed by atoms with Crippen LogP contribution in [0.3, 0.4) is 0 Å². The lowest BCUT2D eigenvalue weighted by Crippen LogP contribution is -2.43. The molecule has 0 radical (unpaired) electrons. The molecule has 1 aliphatic rings. The third-order valence-electron chi connectivity index (χ3n) is 4.00. The molecule has 2 rings (SSSR count). The topological polar surface area (TPSA) is 89.2 Å². The van der Waals surface area contributed by atoms with Crippen molar-refractivity contribution in [2.75, 3.05) is 19.6 Å². The molecule has 0 saturated carbocycles. The van der Waals surface area contributed by atoms with Crippen LogP contribution in [0.25, 0.3) is 0 Å². The molecule has 0 spiro atoms. The van der Waals surface area contributed by atoms with Gasteiger partial charge < -0.3 is 20.7 Å². The van der Waals surface area contributed by atoms with Crippen LogP contribution in [0.1, 0.15) is 30.3 Å². The van der Waals surface area contributed by atoms with Crippen molar-refractivity contribution in [2.24, 2.45) is 12.5 Å². The minimum Gasteiger partial charge on any atom is -0.358 e. The Morgan fingerprint density at radius 2 is 2.10 bits per heavy atom. The van der Waals surface area contributed by atoms with Crippen molar-refractivity contribution < 1.29 is 9.72 Å². The second kappa shape index (κ2) is 6.91. The number of rotatable bonds is 4. The minimum atomic E-state index is -0.495. The van der Waals surface area contributed by atoms with Crippen LogP contribution in [0.4, 0.5) is 5.82 Å². The third-order valence-corrected chi connectivity index (χ3v) is 4.00. The molecule has 0 unspecified atom stereocenters.